The fourth-order valence-corrected chi connectivity index (χ4v) is 1.35. The number of nitrogens with zero attached hydrogens (tertiary/aromatic N) is 3. The molecule has 2 heterocycles. The number of nitrogens with one attached hydrogen (secondary N) is 1. The minimum absolute atomic E-state index is 0.252. The third kappa shape index (κ3) is 2.87. The molecule has 0 unspecified atom stereocenters. The van der Waals surface area contributed by atoms with E-state index in [0.29, 0.717) is 24.4 Å². The second-order valence-electron chi connectivity index (χ2n) is 3.35. The van der Waals surface area contributed by atoms with Gasteiger partial charge in [0.2, 0.25) is 0 Å². The van der Waals surface area contributed by atoms with Crippen LogP contribution in [0.25, 0.3) is 11.2 Å². The zero-order valence-electron chi connectivity index (χ0n) is 9.38. The van der Waals surface area contributed by atoms with E-state index in [0.717, 1.165) is 5.52 Å². The topological polar surface area (TPSA) is 77.0 Å². The average Bonchev–Trinajstić information content (AvgIpc) is 2.38. The number of rotatable bonds is 4. The predicted molar refractivity (Wildman–Crippen MR) is 62.5 cm³/mol. The first-order valence-electron chi connectivity index (χ1n) is 5.18. The van der Waals surface area contributed by atoms with Crippen LogP contribution < -0.4 is 5.32 Å². The molecule has 2 rings (SSSR count). The zero-order chi connectivity index (χ0) is 12.1. The van der Waals surface area contributed by atoms with Gasteiger partial charge in [-0.05, 0) is 12.1 Å². The third-order valence-electron chi connectivity index (χ3n) is 2.19. The number of aromatic nitrogens is 3. The first kappa shape index (κ1) is 11.3. The van der Waals surface area contributed by atoms with Gasteiger partial charge in [-0.25, -0.2) is 9.97 Å². The van der Waals surface area contributed by atoms with Crippen molar-refractivity contribution in [3.63, 3.8) is 0 Å². The molecule has 17 heavy (non-hydrogen) atoms. The number of pyridine rings is 1. The number of esters is 1. The standard InChI is InChI=1S/C11H12N4O2/c1-17-10(16)4-5-13-9-3-2-8-11(15-9)14-7-6-12-8/h2-3,6-7H,4-5H2,1H3,(H,13,14,15). The zero-order valence-corrected chi connectivity index (χ0v) is 9.38. The Hall–Kier alpha value is -2.24. The van der Waals surface area contributed by atoms with Crippen molar-refractivity contribution < 1.29 is 9.53 Å². The molecule has 1 N–H and O–H groups in total. The lowest BCUT2D eigenvalue weighted by Crippen LogP contribution is -2.10. The molecular formula is C11H12N4O2. The molecule has 0 aliphatic carbocycles. The first-order valence-corrected chi connectivity index (χ1v) is 5.18. The molecule has 6 heteroatoms. The summed E-state index contributed by atoms with van der Waals surface area (Å²) in [6, 6.07) is 3.63. The highest BCUT2D eigenvalue weighted by atomic mass is 16.5. The summed E-state index contributed by atoms with van der Waals surface area (Å²) < 4.78 is 4.54. The van der Waals surface area contributed by atoms with Crippen LogP contribution in [-0.4, -0.2) is 34.6 Å². The molecule has 0 amide bonds. The molecule has 0 bridgehead atoms. The van der Waals surface area contributed by atoms with Gasteiger partial charge in [-0.1, -0.05) is 0 Å². The van der Waals surface area contributed by atoms with Crippen molar-refractivity contribution in [2.24, 2.45) is 0 Å². The number of methoxy groups -OCH3 is 1. The van der Waals surface area contributed by atoms with Crippen molar-refractivity contribution in [3.05, 3.63) is 24.5 Å². The van der Waals surface area contributed by atoms with Crippen molar-refractivity contribution in [1.82, 2.24) is 15.0 Å². The Kier molecular flexibility index (Phi) is 3.44. The fourth-order valence-electron chi connectivity index (χ4n) is 1.35. The molecule has 0 aliphatic heterocycles. The fraction of sp³-hybridized carbons (Fsp3) is 0.273. The molecule has 0 radical (unpaired) electrons. The van der Waals surface area contributed by atoms with Gasteiger partial charge in [0.1, 0.15) is 11.3 Å². The Morgan fingerprint density at radius 3 is 3.00 bits per heavy atom. The van der Waals surface area contributed by atoms with Gasteiger partial charge < -0.3 is 10.1 Å². The van der Waals surface area contributed by atoms with Crippen molar-refractivity contribution in [2.45, 2.75) is 6.42 Å². The van der Waals surface area contributed by atoms with Crippen LogP contribution in [0.15, 0.2) is 24.5 Å². The largest absolute Gasteiger partial charge is 0.469 e. The van der Waals surface area contributed by atoms with E-state index in [1.54, 1.807) is 18.5 Å². The summed E-state index contributed by atoms with van der Waals surface area (Å²) in [5.41, 5.74) is 1.32. The van der Waals surface area contributed by atoms with E-state index in [2.05, 4.69) is 25.0 Å². The molecule has 0 spiro atoms. The number of ether oxygens (including phenoxy) is 1. The summed E-state index contributed by atoms with van der Waals surface area (Å²) >= 11 is 0. The van der Waals surface area contributed by atoms with Gasteiger partial charge in [-0.3, -0.25) is 9.78 Å². The van der Waals surface area contributed by atoms with Crippen molar-refractivity contribution in [1.29, 1.82) is 0 Å². The molecule has 2 aromatic rings. The monoisotopic (exact) mass is 232 g/mol. The van der Waals surface area contributed by atoms with Crippen LogP contribution in [0.2, 0.25) is 0 Å². The minimum atomic E-state index is -0.252. The second-order valence-corrected chi connectivity index (χ2v) is 3.35. The summed E-state index contributed by atoms with van der Waals surface area (Å²) in [5.74, 6) is 0.417. The number of hydrogen-bond donors (Lipinski definition) is 1. The minimum Gasteiger partial charge on any atom is -0.469 e. The van der Waals surface area contributed by atoms with Gasteiger partial charge in [0, 0.05) is 18.9 Å². The van der Waals surface area contributed by atoms with Crippen LogP contribution in [-0.2, 0) is 9.53 Å². The van der Waals surface area contributed by atoms with Gasteiger partial charge >= 0.3 is 5.97 Å². The summed E-state index contributed by atoms with van der Waals surface area (Å²) in [5, 5.41) is 3.02. The summed E-state index contributed by atoms with van der Waals surface area (Å²) in [6.45, 7) is 0.478. The van der Waals surface area contributed by atoms with Crippen LogP contribution in [0.4, 0.5) is 5.82 Å². The van der Waals surface area contributed by atoms with Crippen molar-refractivity contribution >= 4 is 23.0 Å². The average molecular weight is 232 g/mol. The lowest BCUT2D eigenvalue weighted by molar-refractivity contribution is -0.140. The van der Waals surface area contributed by atoms with E-state index in [9.17, 15) is 4.79 Å². The molecular weight excluding hydrogens is 220 g/mol. The maximum atomic E-state index is 10.9. The number of carbonyl (C=O) groups excluding carboxylic acids is 1. The van der Waals surface area contributed by atoms with E-state index in [1.165, 1.54) is 7.11 Å². The molecule has 0 aromatic carbocycles. The van der Waals surface area contributed by atoms with Gasteiger partial charge in [0.05, 0.1) is 13.5 Å². The van der Waals surface area contributed by atoms with E-state index >= 15 is 0 Å². The predicted octanol–water partition coefficient (Wildman–Crippen LogP) is 1.000. The molecule has 0 fully saturated rings. The molecule has 6 nitrogen and oxygen atoms in total. The van der Waals surface area contributed by atoms with Gasteiger partial charge in [-0.2, -0.15) is 0 Å². The molecule has 0 saturated heterocycles. The highest BCUT2D eigenvalue weighted by Crippen LogP contribution is 2.09. The van der Waals surface area contributed by atoms with Gasteiger partial charge in [0.15, 0.2) is 5.65 Å². The molecule has 88 valence electrons. The van der Waals surface area contributed by atoms with Crippen LogP contribution in [0.5, 0.6) is 0 Å². The molecule has 0 aliphatic rings. The summed E-state index contributed by atoms with van der Waals surface area (Å²) in [7, 11) is 1.37. The Balaban J connectivity index is 2.02. The smallest absolute Gasteiger partial charge is 0.307 e. The first-order chi connectivity index (χ1) is 8.29. The number of anilines is 1. The van der Waals surface area contributed by atoms with Crippen LogP contribution in [0.3, 0.4) is 0 Å². The van der Waals surface area contributed by atoms with E-state index in [-0.39, 0.29) is 5.97 Å². The molecule has 0 saturated carbocycles. The maximum Gasteiger partial charge on any atom is 0.307 e. The molecule has 0 atom stereocenters. The molecule has 2 aromatic heterocycles. The third-order valence-corrected chi connectivity index (χ3v) is 2.19. The number of hydrogen-bond acceptors (Lipinski definition) is 6. The van der Waals surface area contributed by atoms with Gasteiger partial charge in [-0.15, -0.1) is 0 Å². The SMILES string of the molecule is COC(=O)CCNc1ccc2nccnc2n1. The van der Waals surface area contributed by atoms with E-state index in [1.807, 2.05) is 6.07 Å². The van der Waals surface area contributed by atoms with Crippen molar-refractivity contribution in [2.75, 3.05) is 19.0 Å². The quantitative estimate of drug-likeness (QED) is 0.792. The lowest BCUT2D eigenvalue weighted by atomic mass is 10.4. The van der Waals surface area contributed by atoms with Crippen LogP contribution in [0.1, 0.15) is 6.42 Å². The lowest BCUT2D eigenvalue weighted by Gasteiger charge is -2.04. The highest BCUT2D eigenvalue weighted by Gasteiger charge is 2.01. The van der Waals surface area contributed by atoms with Crippen LogP contribution in [0, 0.1) is 0 Å². The number of carbonyl (C=O) groups is 1. The van der Waals surface area contributed by atoms with Gasteiger partial charge in [0.25, 0.3) is 0 Å². The Morgan fingerprint density at radius 1 is 1.35 bits per heavy atom. The second kappa shape index (κ2) is 5.20. The Labute approximate surface area is 98.1 Å². The summed E-state index contributed by atoms with van der Waals surface area (Å²) in [4.78, 5) is 23.4. The van der Waals surface area contributed by atoms with E-state index < -0.39 is 0 Å². The van der Waals surface area contributed by atoms with Crippen molar-refractivity contribution in [3.8, 4) is 0 Å². The van der Waals surface area contributed by atoms with Crippen LogP contribution >= 0.6 is 0 Å². The number of fused-ring (bicyclic) bond motifs is 1. The normalized spacial score (nSPS) is 10.2. The Morgan fingerprint density at radius 2 is 2.18 bits per heavy atom. The highest BCUT2D eigenvalue weighted by molar-refractivity contribution is 5.72. The van der Waals surface area contributed by atoms with E-state index in [4.69, 9.17) is 0 Å². The summed E-state index contributed by atoms with van der Waals surface area (Å²) in [6.07, 6.45) is 3.51. The Bertz CT molecular complexity index is 530. The maximum absolute atomic E-state index is 10.9.